The number of hydrogen-bond donors (Lipinski definition) is 2. The molecule has 0 aromatic heterocycles. The monoisotopic (exact) mass is 299 g/mol. The van der Waals surface area contributed by atoms with Gasteiger partial charge in [0, 0.05) is 11.8 Å². The number of halogens is 2. The first-order valence-electron chi connectivity index (χ1n) is 6.52. The van der Waals surface area contributed by atoms with Crippen molar-refractivity contribution in [3.05, 3.63) is 71.8 Å². The first kappa shape index (κ1) is 14.0. The van der Waals surface area contributed by atoms with Crippen molar-refractivity contribution < 1.29 is 18.7 Å². The molecule has 0 radical (unpaired) electrons. The van der Waals surface area contributed by atoms with Crippen LogP contribution in [0.4, 0.5) is 14.5 Å². The maximum absolute atomic E-state index is 13.6. The number of nitrogens with one attached hydrogen (secondary N) is 1. The van der Waals surface area contributed by atoms with Crippen LogP contribution in [0.5, 0.6) is 5.75 Å². The zero-order valence-electron chi connectivity index (χ0n) is 11.3. The number of phenols is 1. The van der Waals surface area contributed by atoms with Crippen molar-refractivity contribution in [1.29, 1.82) is 0 Å². The van der Waals surface area contributed by atoms with E-state index in [9.17, 15) is 18.7 Å². The van der Waals surface area contributed by atoms with Gasteiger partial charge in [0.15, 0.2) is 0 Å². The minimum atomic E-state index is -0.914. The number of amides is 1. The number of benzene rings is 3. The molecular weight excluding hydrogens is 288 g/mol. The Morgan fingerprint density at radius 3 is 2.41 bits per heavy atom. The lowest BCUT2D eigenvalue weighted by Gasteiger charge is -2.08. The highest BCUT2D eigenvalue weighted by atomic mass is 19.1. The zero-order valence-corrected chi connectivity index (χ0v) is 11.3. The number of phenolic OH excluding ortho intramolecular Hbond substituents is 1. The SMILES string of the molecule is O=C(Nc1ccc2cc(O)ccc2c1)c1ccc(F)cc1F. The molecule has 0 aliphatic heterocycles. The van der Waals surface area contributed by atoms with E-state index in [-0.39, 0.29) is 11.3 Å². The van der Waals surface area contributed by atoms with Gasteiger partial charge in [0.05, 0.1) is 5.56 Å². The molecule has 22 heavy (non-hydrogen) atoms. The van der Waals surface area contributed by atoms with Crippen LogP contribution in [0.1, 0.15) is 10.4 Å². The first-order valence-corrected chi connectivity index (χ1v) is 6.52. The van der Waals surface area contributed by atoms with E-state index in [1.54, 1.807) is 30.3 Å². The predicted molar refractivity (Wildman–Crippen MR) is 79.9 cm³/mol. The predicted octanol–water partition coefficient (Wildman–Crippen LogP) is 4.08. The number of fused-ring (bicyclic) bond motifs is 1. The molecular formula is C17H11F2NO2. The minimum absolute atomic E-state index is 0.151. The highest BCUT2D eigenvalue weighted by Gasteiger charge is 2.12. The molecule has 0 fully saturated rings. The summed E-state index contributed by atoms with van der Waals surface area (Å²) < 4.78 is 26.4. The van der Waals surface area contributed by atoms with Gasteiger partial charge in [0.1, 0.15) is 17.4 Å². The molecule has 5 heteroatoms. The lowest BCUT2D eigenvalue weighted by Crippen LogP contribution is -2.13. The summed E-state index contributed by atoms with van der Waals surface area (Å²) in [4.78, 5) is 12.0. The fourth-order valence-corrected chi connectivity index (χ4v) is 2.18. The molecule has 1 amide bonds. The molecule has 0 aliphatic rings. The minimum Gasteiger partial charge on any atom is -0.508 e. The van der Waals surface area contributed by atoms with Gasteiger partial charge in [-0.2, -0.15) is 0 Å². The maximum Gasteiger partial charge on any atom is 0.258 e. The second-order valence-electron chi connectivity index (χ2n) is 4.82. The van der Waals surface area contributed by atoms with E-state index in [4.69, 9.17) is 0 Å². The van der Waals surface area contributed by atoms with E-state index in [0.717, 1.165) is 22.9 Å². The average Bonchev–Trinajstić information content (AvgIpc) is 2.47. The molecule has 110 valence electrons. The Bertz CT molecular complexity index is 878. The molecule has 0 unspecified atom stereocenters. The summed E-state index contributed by atoms with van der Waals surface area (Å²) in [5.41, 5.74) is 0.249. The van der Waals surface area contributed by atoms with E-state index in [1.165, 1.54) is 6.07 Å². The van der Waals surface area contributed by atoms with Crippen molar-refractivity contribution in [2.75, 3.05) is 5.32 Å². The second-order valence-corrected chi connectivity index (χ2v) is 4.82. The molecule has 3 rings (SSSR count). The topological polar surface area (TPSA) is 49.3 Å². The Hall–Kier alpha value is -2.95. The van der Waals surface area contributed by atoms with Gasteiger partial charge in [-0.15, -0.1) is 0 Å². The maximum atomic E-state index is 13.6. The third kappa shape index (κ3) is 2.74. The Morgan fingerprint density at radius 2 is 1.64 bits per heavy atom. The zero-order chi connectivity index (χ0) is 15.7. The van der Waals surface area contributed by atoms with Gasteiger partial charge in [0.25, 0.3) is 5.91 Å². The van der Waals surface area contributed by atoms with Crippen LogP contribution in [0.25, 0.3) is 10.8 Å². The Labute approximate surface area is 124 Å². The number of anilines is 1. The molecule has 0 aliphatic carbocycles. The molecule has 0 heterocycles. The smallest absolute Gasteiger partial charge is 0.258 e. The van der Waals surface area contributed by atoms with Crippen LogP contribution in [0.2, 0.25) is 0 Å². The van der Waals surface area contributed by atoms with E-state index in [1.807, 2.05) is 0 Å². The quantitative estimate of drug-likeness (QED) is 0.749. The van der Waals surface area contributed by atoms with Crippen LogP contribution in [-0.2, 0) is 0 Å². The van der Waals surface area contributed by atoms with Crippen LogP contribution in [0, 0.1) is 11.6 Å². The van der Waals surface area contributed by atoms with Crippen molar-refractivity contribution in [2.45, 2.75) is 0 Å². The fourth-order valence-electron chi connectivity index (χ4n) is 2.18. The van der Waals surface area contributed by atoms with Gasteiger partial charge >= 0.3 is 0 Å². The summed E-state index contributed by atoms with van der Waals surface area (Å²) in [5, 5.41) is 13.6. The van der Waals surface area contributed by atoms with Gasteiger partial charge in [-0.25, -0.2) is 8.78 Å². The summed E-state index contributed by atoms with van der Waals surface area (Å²) in [5.74, 6) is -2.16. The lowest BCUT2D eigenvalue weighted by atomic mass is 10.1. The number of carbonyl (C=O) groups excluding carboxylic acids is 1. The Balaban J connectivity index is 1.89. The third-order valence-corrected chi connectivity index (χ3v) is 3.26. The standard InChI is InChI=1S/C17H11F2NO2/c18-12-3-6-15(16(19)9-12)17(22)20-13-4-1-11-8-14(21)5-2-10(11)7-13/h1-9,21H,(H,20,22). The van der Waals surface area contributed by atoms with Crippen molar-refractivity contribution in [1.82, 2.24) is 0 Å². The fraction of sp³-hybridized carbons (Fsp3) is 0. The van der Waals surface area contributed by atoms with Crippen LogP contribution in [0.15, 0.2) is 54.6 Å². The summed E-state index contributed by atoms with van der Waals surface area (Å²) >= 11 is 0. The molecule has 0 atom stereocenters. The van der Waals surface area contributed by atoms with Crippen LogP contribution < -0.4 is 5.32 Å². The van der Waals surface area contributed by atoms with E-state index >= 15 is 0 Å². The van der Waals surface area contributed by atoms with Gasteiger partial charge in [-0.3, -0.25) is 4.79 Å². The van der Waals surface area contributed by atoms with Crippen molar-refractivity contribution in [3.63, 3.8) is 0 Å². The molecule has 0 bridgehead atoms. The molecule has 0 saturated carbocycles. The third-order valence-electron chi connectivity index (χ3n) is 3.26. The van der Waals surface area contributed by atoms with Crippen LogP contribution in [0.3, 0.4) is 0 Å². The summed E-state index contributed by atoms with van der Waals surface area (Å²) in [6.07, 6.45) is 0. The highest BCUT2D eigenvalue weighted by molar-refractivity contribution is 6.05. The second kappa shape index (κ2) is 5.44. The summed E-state index contributed by atoms with van der Waals surface area (Å²) in [6, 6.07) is 12.7. The Kier molecular flexibility index (Phi) is 3.47. The first-order chi connectivity index (χ1) is 10.5. The van der Waals surface area contributed by atoms with Gasteiger partial charge < -0.3 is 10.4 Å². The Morgan fingerprint density at radius 1 is 0.909 bits per heavy atom. The number of carbonyl (C=O) groups is 1. The summed E-state index contributed by atoms with van der Waals surface area (Å²) in [6.45, 7) is 0. The van der Waals surface area contributed by atoms with Crippen molar-refractivity contribution in [3.8, 4) is 5.75 Å². The van der Waals surface area contributed by atoms with Gasteiger partial charge in [0.2, 0.25) is 0 Å². The summed E-state index contributed by atoms with van der Waals surface area (Å²) in [7, 11) is 0. The van der Waals surface area contributed by atoms with Crippen LogP contribution in [-0.4, -0.2) is 11.0 Å². The number of rotatable bonds is 2. The van der Waals surface area contributed by atoms with Crippen molar-refractivity contribution in [2.24, 2.45) is 0 Å². The average molecular weight is 299 g/mol. The number of hydrogen-bond acceptors (Lipinski definition) is 2. The number of aromatic hydroxyl groups is 1. The molecule has 3 aromatic rings. The molecule has 3 nitrogen and oxygen atoms in total. The van der Waals surface area contributed by atoms with E-state index < -0.39 is 17.5 Å². The lowest BCUT2D eigenvalue weighted by molar-refractivity contribution is 0.102. The van der Waals surface area contributed by atoms with Gasteiger partial charge in [-0.1, -0.05) is 12.1 Å². The van der Waals surface area contributed by atoms with Crippen LogP contribution >= 0.6 is 0 Å². The van der Waals surface area contributed by atoms with Gasteiger partial charge in [-0.05, 0) is 47.2 Å². The molecule has 2 N–H and O–H groups in total. The van der Waals surface area contributed by atoms with E-state index in [0.29, 0.717) is 11.8 Å². The molecule has 3 aromatic carbocycles. The highest BCUT2D eigenvalue weighted by Crippen LogP contribution is 2.23. The van der Waals surface area contributed by atoms with E-state index in [2.05, 4.69) is 5.32 Å². The largest absolute Gasteiger partial charge is 0.508 e. The molecule has 0 spiro atoms. The van der Waals surface area contributed by atoms with Crippen molar-refractivity contribution >= 4 is 22.4 Å². The normalized spacial score (nSPS) is 10.6. The molecule has 0 saturated heterocycles.